The number of ether oxygens (including phenoxy) is 1. The molecule has 1 saturated carbocycles. The maximum absolute atomic E-state index is 17.0. The van der Waals surface area contributed by atoms with Crippen LogP contribution in [0.3, 0.4) is 0 Å². The molecular formula is C34H33ClF2N6O2S. The molecule has 4 fully saturated rings. The molecule has 5 heterocycles. The number of fused-ring (bicyclic) bond motifs is 5. The first kappa shape index (κ1) is 29.8. The number of rotatable bonds is 5. The van der Waals surface area contributed by atoms with Crippen LogP contribution in [-0.4, -0.2) is 64.4 Å². The molecule has 4 aliphatic rings. The van der Waals surface area contributed by atoms with E-state index in [-0.39, 0.29) is 65.9 Å². The van der Waals surface area contributed by atoms with Crippen LogP contribution in [0.4, 0.5) is 19.6 Å². The summed E-state index contributed by atoms with van der Waals surface area (Å²) in [5.41, 5.74) is 7.69. The largest absolute Gasteiger partial charge is 0.461 e. The number of halogens is 3. The van der Waals surface area contributed by atoms with Crippen LogP contribution < -0.4 is 15.4 Å². The molecule has 3 aliphatic heterocycles. The third kappa shape index (κ3) is 4.56. The summed E-state index contributed by atoms with van der Waals surface area (Å²) in [5, 5.41) is 21.4. The molecule has 46 heavy (non-hydrogen) atoms. The minimum Gasteiger partial charge on any atom is -0.461 e. The van der Waals surface area contributed by atoms with Gasteiger partial charge in [0.1, 0.15) is 34.8 Å². The molecule has 0 amide bonds. The van der Waals surface area contributed by atoms with E-state index in [1.807, 2.05) is 0 Å². The van der Waals surface area contributed by atoms with Crippen molar-refractivity contribution in [2.75, 3.05) is 43.4 Å². The summed E-state index contributed by atoms with van der Waals surface area (Å²) in [6.45, 7) is 5.61. The fraction of sp³-hybridized carbons (Fsp3) is 0.441. The van der Waals surface area contributed by atoms with Crippen molar-refractivity contribution in [3.05, 3.63) is 52.1 Å². The van der Waals surface area contributed by atoms with Gasteiger partial charge in [-0.1, -0.05) is 29.3 Å². The van der Waals surface area contributed by atoms with Gasteiger partial charge in [0, 0.05) is 41.9 Å². The van der Waals surface area contributed by atoms with Gasteiger partial charge in [0.2, 0.25) is 0 Å². The lowest BCUT2D eigenvalue weighted by Gasteiger charge is -2.34. The molecule has 2 aromatic carbocycles. The number of aromatic nitrogens is 2. The molecule has 238 valence electrons. The molecule has 2 bridgehead atoms. The third-order valence-electron chi connectivity index (χ3n) is 10.6. The van der Waals surface area contributed by atoms with Gasteiger partial charge < -0.3 is 20.5 Å². The number of thiophene rings is 1. The predicted octanol–water partition coefficient (Wildman–Crippen LogP) is 6.67. The Morgan fingerprint density at radius 1 is 1.28 bits per heavy atom. The number of allylic oxidation sites excluding steroid dienone is 1. The number of piperidine rings is 1. The van der Waals surface area contributed by atoms with E-state index in [1.165, 1.54) is 17.7 Å². The van der Waals surface area contributed by atoms with Crippen molar-refractivity contribution in [1.82, 2.24) is 14.9 Å². The first-order chi connectivity index (χ1) is 22.2. The van der Waals surface area contributed by atoms with Crippen LogP contribution in [0.15, 0.2) is 29.8 Å². The molecule has 1 unspecified atom stereocenters. The van der Waals surface area contributed by atoms with Gasteiger partial charge in [0.25, 0.3) is 0 Å². The van der Waals surface area contributed by atoms with Crippen molar-refractivity contribution in [2.45, 2.75) is 50.7 Å². The first-order valence-electron chi connectivity index (χ1n) is 15.7. The highest BCUT2D eigenvalue weighted by atomic mass is 35.5. The first-order valence-corrected chi connectivity index (χ1v) is 16.9. The Hall–Kier alpha value is -3.56. The Kier molecular flexibility index (Phi) is 7.14. The summed E-state index contributed by atoms with van der Waals surface area (Å²) in [6, 6.07) is 6.43. The van der Waals surface area contributed by atoms with E-state index < -0.39 is 11.6 Å². The fourth-order valence-electron chi connectivity index (χ4n) is 8.40. The van der Waals surface area contributed by atoms with Gasteiger partial charge in [-0.2, -0.15) is 15.2 Å². The van der Waals surface area contributed by atoms with Crippen molar-refractivity contribution >= 4 is 54.7 Å². The van der Waals surface area contributed by atoms with E-state index in [0.29, 0.717) is 36.8 Å². The SMILES string of the molecule is C/C=C1\CN2CCCC2(COc2nc(N3C[C@@H]4C[C@H](C3)[C@H](O)C4)c3cc(Cl)c(-c4ccc(F)c5sc(N)c(C#N)c45)c(F)c3n2)C1. The highest BCUT2D eigenvalue weighted by Gasteiger charge is 2.47. The number of aliphatic hydroxyl groups excluding tert-OH is 1. The zero-order valence-corrected chi connectivity index (χ0v) is 26.9. The van der Waals surface area contributed by atoms with Crippen molar-refractivity contribution in [2.24, 2.45) is 11.8 Å². The zero-order chi connectivity index (χ0) is 31.9. The molecular weight excluding hydrogens is 630 g/mol. The smallest absolute Gasteiger partial charge is 0.319 e. The molecule has 8 rings (SSSR count). The number of nitrogens with zero attached hydrogens (tertiary/aromatic N) is 5. The summed E-state index contributed by atoms with van der Waals surface area (Å²) in [6.07, 6.45) is 6.47. The highest BCUT2D eigenvalue weighted by Crippen LogP contribution is 2.47. The number of nitriles is 1. The Bertz CT molecular complexity index is 1990. The highest BCUT2D eigenvalue weighted by molar-refractivity contribution is 7.23. The van der Waals surface area contributed by atoms with Gasteiger partial charge in [-0.3, -0.25) is 4.90 Å². The van der Waals surface area contributed by atoms with E-state index in [0.717, 1.165) is 56.5 Å². The van der Waals surface area contributed by atoms with E-state index >= 15 is 4.39 Å². The molecule has 12 heteroatoms. The van der Waals surface area contributed by atoms with E-state index in [9.17, 15) is 14.8 Å². The molecule has 3 N–H and O–H groups in total. The number of nitrogens with two attached hydrogens (primary N) is 1. The van der Waals surface area contributed by atoms with Crippen LogP contribution in [0.2, 0.25) is 5.02 Å². The average Bonchev–Trinajstić information content (AvgIpc) is 3.76. The Morgan fingerprint density at radius 3 is 2.91 bits per heavy atom. The topological polar surface area (TPSA) is 112 Å². The third-order valence-corrected chi connectivity index (χ3v) is 11.9. The number of benzene rings is 2. The lowest BCUT2D eigenvalue weighted by molar-refractivity contribution is 0.108. The lowest BCUT2D eigenvalue weighted by atomic mass is 9.93. The van der Waals surface area contributed by atoms with Crippen molar-refractivity contribution in [3.63, 3.8) is 0 Å². The standard InChI is InChI=1S/C34H33ClF2N6O2S/c1-2-17-11-34(6-3-7-43(34)14-17)16-45-33-40-29-21(32(41-33)42-13-18-8-19(15-42)25(44)9-18)10-23(35)27(28(29)37)20-4-5-24(36)30-26(20)22(12-38)31(39)46-30/h2,4-5,10,18-19,25,44H,3,6-9,11,13-16,39H2,1H3/b17-2-/t18-,19-,25-,34?/m1/s1. The summed E-state index contributed by atoms with van der Waals surface area (Å²) < 4.78 is 38.4. The normalized spacial score (nSPS) is 26.8. The minimum atomic E-state index is -0.713. The fourth-order valence-corrected chi connectivity index (χ4v) is 9.64. The quantitative estimate of drug-likeness (QED) is 0.228. The molecule has 3 saturated heterocycles. The maximum Gasteiger partial charge on any atom is 0.319 e. The van der Waals surface area contributed by atoms with Crippen LogP contribution in [0.5, 0.6) is 6.01 Å². The molecule has 4 atom stereocenters. The lowest BCUT2D eigenvalue weighted by Crippen LogP contribution is -2.43. The second-order valence-corrected chi connectivity index (χ2v) is 14.7. The maximum atomic E-state index is 17.0. The minimum absolute atomic E-state index is 0.00674. The average molecular weight is 663 g/mol. The Labute approximate surface area is 274 Å². The molecule has 4 aromatic rings. The van der Waals surface area contributed by atoms with Gasteiger partial charge in [-0.15, -0.1) is 11.3 Å². The van der Waals surface area contributed by atoms with Crippen molar-refractivity contribution < 1.29 is 18.6 Å². The van der Waals surface area contributed by atoms with E-state index in [4.69, 9.17) is 27.1 Å². The molecule has 2 aromatic heterocycles. The summed E-state index contributed by atoms with van der Waals surface area (Å²) >= 11 is 7.81. The van der Waals surface area contributed by atoms with E-state index in [1.54, 1.807) is 6.07 Å². The van der Waals surface area contributed by atoms with Gasteiger partial charge in [0.15, 0.2) is 5.82 Å². The number of hydrogen-bond acceptors (Lipinski definition) is 9. The van der Waals surface area contributed by atoms with Gasteiger partial charge in [-0.25, -0.2) is 8.78 Å². The van der Waals surface area contributed by atoms with Gasteiger partial charge in [0.05, 0.1) is 26.9 Å². The molecule has 0 spiro atoms. The zero-order valence-electron chi connectivity index (χ0n) is 25.3. The monoisotopic (exact) mass is 662 g/mol. The van der Waals surface area contributed by atoms with Crippen LogP contribution in [-0.2, 0) is 0 Å². The summed E-state index contributed by atoms with van der Waals surface area (Å²) in [4.78, 5) is 14.1. The van der Waals surface area contributed by atoms with Crippen molar-refractivity contribution in [1.29, 1.82) is 5.26 Å². The van der Waals surface area contributed by atoms with Crippen LogP contribution in [0.25, 0.3) is 32.1 Å². The number of aliphatic hydroxyl groups is 1. The summed E-state index contributed by atoms with van der Waals surface area (Å²) in [5.74, 6) is -0.357. The van der Waals surface area contributed by atoms with Gasteiger partial charge in [-0.05, 0) is 69.2 Å². The second-order valence-electron chi connectivity index (χ2n) is 13.3. The molecule has 1 aliphatic carbocycles. The van der Waals surface area contributed by atoms with Crippen LogP contribution in [0.1, 0.15) is 44.6 Å². The Morgan fingerprint density at radius 2 is 2.13 bits per heavy atom. The molecule has 8 nitrogen and oxygen atoms in total. The number of nitrogen functional groups attached to an aromatic ring is 1. The Balaban J connectivity index is 1.28. The van der Waals surface area contributed by atoms with Crippen LogP contribution >= 0.6 is 22.9 Å². The van der Waals surface area contributed by atoms with Gasteiger partial charge >= 0.3 is 6.01 Å². The number of hydrogen-bond donors (Lipinski definition) is 2. The summed E-state index contributed by atoms with van der Waals surface area (Å²) in [7, 11) is 0. The van der Waals surface area contributed by atoms with Crippen molar-refractivity contribution in [3.8, 4) is 23.2 Å². The van der Waals surface area contributed by atoms with E-state index in [2.05, 4.69) is 33.9 Å². The van der Waals surface area contributed by atoms with Crippen LogP contribution in [0, 0.1) is 34.8 Å². The molecule has 0 radical (unpaired) electrons. The second kappa shape index (κ2) is 11.0. The number of anilines is 2. The predicted molar refractivity (Wildman–Crippen MR) is 176 cm³/mol.